The second kappa shape index (κ2) is 8.27. The molecule has 1 aliphatic carbocycles. The van der Waals surface area contributed by atoms with E-state index in [9.17, 15) is 12.8 Å². The first-order valence-corrected chi connectivity index (χ1v) is 12.1. The zero-order valence-electron chi connectivity index (χ0n) is 16.9. The van der Waals surface area contributed by atoms with Crippen molar-refractivity contribution in [2.75, 3.05) is 0 Å². The molecular formula is C21H20ClFN6O2S. The predicted molar refractivity (Wildman–Crippen MR) is 117 cm³/mol. The van der Waals surface area contributed by atoms with Gasteiger partial charge >= 0.3 is 0 Å². The molecule has 1 atom stereocenters. The van der Waals surface area contributed by atoms with Gasteiger partial charge in [0.15, 0.2) is 5.82 Å². The van der Waals surface area contributed by atoms with Crippen molar-refractivity contribution in [3.8, 4) is 0 Å². The second-order valence-corrected chi connectivity index (χ2v) is 9.98. The minimum atomic E-state index is -3.69. The molecule has 5 rings (SSSR count). The van der Waals surface area contributed by atoms with Crippen molar-refractivity contribution >= 4 is 32.5 Å². The minimum absolute atomic E-state index is 0.168. The SMILES string of the molecule is O=S(=O)(NC1CCc2c(c3cc(F)ccc3n2CCc2nn[nH]n2)C1)c1ccc(Cl)cc1. The van der Waals surface area contributed by atoms with Crippen molar-refractivity contribution in [3.63, 3.8) is 0 Å². The lowest BCUT2D eigenvalue weighted by molar-refractivity contribution is 0.495. The van der Waals surface area contributed by atoms with Crippen molar-refractivity contribution < 1.29 is 12.8 Å². The minimum Gasteiger partial charge on any atom is -0.344 e. The summed E-state index contributed by atoms with van der Waals surface area (Å²) in [5.41, 5.74) is 2.99. The van der Waals surface area contributed by atoms with Crippen LogP contribution in [0.5, 0.6) is 0 Å². The Hall–Kier alpha value is -2.82. The van der Waals surface area contributed by atoms with Gasteiger partial charge < -0.3 is 4.57 Å². The number of benzene rings is 2. The van der Waals surface area contributed by atoms with E-state index < -0.39 is 10.0 Å². The highest BCUT2D eigenvalue weighted by molar-refractivity contribution is 7.89. The van der Waals surface area contributed by atoms with E-state index in [2.05, 4.69) is 29.9 Å². The molecule has 4 aromatic rings. The summed E-state index contributed by atoms with van der Waals surface area (Å²) in [6, 6.07) is 10.5. The lowest BCUT2D eigenvalue weighted by Crippen LogP contribution is -2.39. The molecule has 0 saturated heterocycles. The van der Waals surface area contributed by atoms with E-state index in [1.54, 1.807) is 18.2 Å². The Bertz CT molecular complexity index is 1370. The number of H-pyrrole nitrogens is 1. The highest BCUT2D eigenvalue weighted by Gasteiger charge is 2.29. The first-order valence-electron chi connectivity index (χ1n) is 10.2. The van der Waals surface area contributed by atoms with Crippen LogP contribution in [0.25, 0.3) is 10.9 Å². The summed E-state index contributed by atoms with van der Waals surface area (Å²) in [5.74, 6) is 0.284. The largest absolute Gasteiger partial charge is 0.344 e. The van der Waals surface area contributed by atoms with Crippen LogP contribution in [0, 0.1) is 5.82 Å². The smallest absolute Gasteiger partial charge is 0.240 e. The normalized spacial score (nSPS) is 16.4. The Balaban J connectivity index is 1.44. The van der Waals surface area contributed by atoms with Crippen molar-refractivity contribution in [1.29, 1.82) is 0 Å². The lowest BCUT2D eigenvalue weighted by Gasteiger charge is -2.25. The highest BCUT2D eigenvalue weighted by atomic mass is 35.5. The third kappa shape index (κ3) is 4.01. The van der Waals surface area contributed by atoms with Crippen LogP contribution in [0.3, 0.4) is 0 Å². The molecule has 0 aliphatic heterocycles. The van der Waals surface area contributed by atoms with E-state index in [1.807, 2.05) is 0 Å². The zero-order chi connectivity index (χ0) is 22.3. The molecule has 2 N–H and O–H groups in total. The van der Waals surface area contributed by atoms with Gasteiger partial charge in [-0.2, -0.15) is 5.21 Å². The molecule has 166 valence electrons. The van der Waals surface area contributed by atoms with Gasteiger partial charge in [0.1, 0.15) is 5.82 Å². The van der Waals surface area contributed by atoms with Crippen molar-refractivity contribution in [3.05, 3.63) is 70.4 Å². The molecule has 0 bridgehead atoms. The molecule has 1 unspecified atom stereocenters. The standard InChI is InChI=1S/C21H20ClFN6O2S/c22-13-1-5-16(6-2-13)32(30,31)26-15-4-8-20-18(12-15)17-11-14(23)3-7-19(17)29(20)10-9-21-24-27-28-25-21/h1-3,5-7,11,15,26H,4,8-10,12H2,(H,24,25,27,28). The van der Waals surface area contributed by atoms with E-state index >= 15 is 0 Å². The number of hydrogen-bond acceptors (Lipinski definition) is 5. The van der Waals surface area contributed by atoms with Gasteiger partial charge in [-0.05, 0) is 67.3 Å². The molecular weight excluding hydrogens is 455 g/mol. The Morgan fingerprint density at radius 1 is 1.22 bits per heavy atom. The summed E-state index contributed by atoms with van der Waals surface area (Å²) in [4.78, 5) is 0.168. The Labute approximate surface area is 188 Å². The summed E-state index contributed by atoms with van der Waals surface area (Å²) in [5, 5.41) is 15.3. The summed E-state index contributed by atoms with van der Waals surface area (Å²) in [6.45, 7) is 0.623. The fourth-order valence-corrected chi connectivity index (χ4v) is 5.78. The molecule has 0 fully saturated rings. The quantitative estimate of drug-likeness (QED) is 0.447. The van der Waals surface area contributed by atoms with Crippen LogP contribution in [0.1, 0.15) is 23.5 Å². The van der Waals surface area contributed by atoms with E-state index in [0.717, 1.165) is 22.2 Å². The van der Waals surface area contributed by atoms with E-state index in [1.165, 1.54) is 24.3 Å². The zero-order valence-corrected chi connectivity index (χ0v) is 18.5. The topological polar surface area (TPSA) is 106 Å². The van der Waals surface area contributed by atoms with Crippen LogP contribution in [0.2, 0.25) is 5.02 Å². The van der Waals surface area contributed by atoms with Crippen LogP contribution in [-0.4, -0.2) is 39.7 Å². The van der Waals surface area contributed by atoms with Crippen LogP contribution >= 0.6 is 11.6 Å². The fourth-order valence-electron chi connectivity index (χ4n) is 4.38. The number of nitrogens with one attached hydrogen (secondary N) is 2. The lowest BCUT2D eigenvalue weighted by atomic mass is 9.92. The van der Waals surface area contributed by atoms with Crippen LogP contribution in [-0.2, 0) is 35.8 Å². The van der Waals surface area contributed by atoms with E-state index in [0.29, 0.717) is 43.1 Å². The number of aromatic nitrogens is 5. The van der Waals surface area contributed by atoms with Gasteiger partial charge in [-0.3, -0.25) is 0 Å². The first-order chi connectivity index (χ1) is 15.4. The van der Waals surface area contributed by atoms with Crippen molar-refractivity contribution in [2.45, 2.75) is 43.2 Å². The van der Waals surface area contributed by atoms with Gasteiger partial charge in [0.05, 0.1) is 4.90 Å². The third-order valence-corrected chi connectivity index (χ3v) is 7.61. The number of rotatable bonds is 6. The van der Waals surface area contributed by atoms with Crippen LogP contribution in [0.15, 0.2) is 47.4 Å². The second-order valence-electron chi connectivity index (χ2n) is 7.83. The molecule has 2 aromatic carbocycles. The number of fused-ring (bicyclic) bond motifs is 3. The Kier molecular flexibility index (Phi) is 5.44. The molecule has 1 aliphatic rings. The highest BCUT2D eigenvalue weighted by Crippen LogP contribution is 2.33. The number of halogens is 2. The number of sulfonamides is 1. The van der Waals surface area contributed by atoms with Crippen molar-refractivity contribution in [2.24, 2.45) is 0 Å². The Morgan fingerprint density at radius 2 is 2.03 bits per heavy atom. The van der Waals surface area contributed by atoms with E-state index in [-0.39, 0.29) is 16.8 Å². The van der Waals surface area contributed by atoms with Gasteiger partial charge in [0, 0.05) is 40.6 Å². The van der Waals surface area contributed by atoms with Crippen LogP contribution < -0.4 is 4.72 Å². The maximum atomic E-state index is 14.1. The average Bonchev–Trinajstić information content (AvgIpc) is 3.38. The van der Waals surface area contributed by atoms with Gasteiger partial charge in [0.2, 0.25) is 10.0 Å². The summed E-state index contributed by atoms with van der Waals surface area (Å²) in [7, 11) is -3.69. The number of aryl methyl sites for hydroxylation is 2. The molecule has 0 radical (unpaired) electrons. The molecule has 0 amide bonds. The fraction of sp³-hybridized carbons (Fsp3) is 0.286. The van der Waals surface area contributed by atoms with Crippen molar-refractivity contribution in [1.82, 2.24) is 29.9 Å². The predicted octanol–water partition coefficient (Wildman–Crippen LogP) is 3.03. The van der Waals surface area contributed by atoms with E-state index in [4.69, 9.17) is 11.6 Å². The maximum Gasteiger partial charge on any atom is 0.240 e. The molecule has 0 spiro atoms. The first kappa shape index (κ1) is 21.0. The molecule has 32 heavy (non-hydrogen) atoms. The molecule has 2 heterocycles. The third-order valence-electron chi connectivity index (χ3n) is 5.82. The summed E-state index contributed by atoms with van der Waals surface area (Å²) >= 11 is 5.88. The Morgan fingerprint density at radius 3 is 2.78 bits per heavy atom. The summed E-state index contributed by atoms with van der Waals surface area (Å²) < 4.78 is 44.7. The monoisotopic (exact) mass is 474 g/mol. The molecule has 0 saturated carbocycles. The number of tetrazole rings is 1. The number of aromatic amines is 1. The summed E-state index contributed by atoms with van der Waals surface area (Å²) in [6.07, 6.45) is 2.38. The van der Waals surface area contributed by atoms with Gasteiger partial charge in [-0.1, -0.05) is 16.8 Å². The molecule has 11 heteroatoms. The molecule has 2 aromatic heterocycles. The molecule has 8 nitrogen and oxygen atoms in total. The van der Waals surface area contributed by atoms with Gasteiger partial charge in [0.25, 0.3) is 0 Å². The van der Waals surface area contributed by atoms with Crippen LogP contribution in [0.4, 0.5) is 4.39 Å². The number of hydrogen-bond donors (Lipinski definition) is 2. The number of nitrogens with zero attached hydrogens (tertiary/aromatic N) is 4. The maximum absolute atomic E-state index is 14.1. The van der Waals surface area contributed by atoms with Gasteiger partial charge in [-0.25, -0.2) is 17.5 Å². The van der Waals surface area contributed by atoms with Gasteiger partial charge in [-0.15, -0.1) is 10.2 Å². The average molecular weight is 475 g/mol.